The maximum atomic E-state index is 10.0. The zero-order valence-electron chi connectivity index (χ0n) is 8.59. The molecule has 74 valence electrons. The molecule has 2 aliphatic rings. The lowest BCUT2D eigenvalue weighted by molar-refractivity contribution is 0.114. The first-order valence-corrected chi connectivity index (χ1v) is 5.50. The van der Waals surface area contributed by atoms with E-state index in [0.29, 0.717) is 0 Å². The lowest BCUT2D eigenvalue weighted by Gasteiger charge is -2.30. The first-order chi connectivity index (χ1) is 6.72. The van der Waals surface area contributed by atoms with Crippen LogP contribution >= 0.6 is 0 Å². The van der Waals surface area contributed by atoms with Gasteiger partial charge in [0.15, 0.2) is 0 Å². The average molecular weight is 188 g/mol. The average Bonchev–Trinajstić information content (AvgIpc) is 2.94. The van der Waals surface area contributed by atoms with E-state index in [0.717, 1.165) is 12.8 Å². The fourth-order valence-electron chi connectivity index (χ4n) is 2.86. The van der Waals surface area contributed by atoms with Crippen molar-refractivity contribution < 1.29 is 5.11 Å². The van der Waals surface area contributed by atoms with Crippen molar-refractivity contribution in [3.63, 3.8) is 0 Å². The van der Waals surface area contributed by atoms with Gasteiger partial charge in [0.1, 0.15) is 0 Å². The van der Waals surface area contributed by atoms with E-state index in [1.54, 1.807) is 0 Å². The Hall–Kier alpha value is -0.820. The predicted octanol–water partition coefficient (Wildman–Crippen LogP) is 2.33. The topological polar surface area (TPSA) is 20.2 Å². The van der Waals surface area contributed by atoms with Crippen LogP contribution in [0.5, 0.6) is 0 Å². The third-order valence-corrected chi connectivity index (χ3v) is 3.92. The van der Waals surface area contributed by atoms with Gasteiger partial charge >= 0.3 is 0 Å². The molecule has 0 amide bonds. The van der Waals surface area contributed by atoms with Crippen LogP contribution < -0.4 is 0 Å². The monoisotopic (exact) mass is 188 g/mol. The highest BCUT2D eigenvalue weighted by atomic mass is 16.3. The fourth-order valence-corrected chi connectivity index (χ4v) is 2.86. The quantitative estimate of drug-likeness (QED) is 0.662. The highest BCUT2D eigenvalue weighted by molar-refractivity contribution is 5.44. The van der Waals surface area contributed by atoms with Crippen molar-refractivity contribution >= 4 is 0 Å². The SMILES string of the molecule is Cc1ccc2c(c1)C1(CC1)C(O)CC2. The molecule has 1 saturated carbocycles. The molecule has 1 N–H and O–H groups in total. The zero-order valence-corrected chi connectivity index (χ0v) is 8.59. The molecule has 1 atom stereocenters. The number of hydrogen-bond acceptors (Lipinski definition) is 1. The van der Waals surface area contributed by atoms with E-state index in [1.807, 2.05) is 0 Å². The van der Waals surface area contributed by atoms with Crippen molar-refractivity contribution in [3.05, 3.63) is 34.9 Å². The summed E-state index contributed by atoms with van der Waals surface area (Å²) in [6.45, 7) is 2.14. The Morgan fingerprint density at radius 1 is 1.36 bits per heavy atom. The lowest BCUT2D eigenvalue weighted by Crippen LogP contribution is -2.31. The lowest BCUT2D eigenvalue weighted by atomic mass is 9.77. The molecule has 0 saturated heterocycles. The number of fused-ring (bicyclic) bond motifs is 2. The maximum Gasteiger partial charge on any atom is 0.0640 e. The van der Waals surface area contributed by atoms with Gasteiger partial charge in [-0.1, -0.05) is 23.8 Å². The Balaban J connectivity index is 2.16. The Morgan fingerprint density at radius 3 is 2.86 bits per heavy atom. The second kappa shape index (κ2) is 2.60. The van der Waals surface area contributed by atoms with Crippen LogP contribution in [-0.2, 0) is 11.8 Å². The first kappa shape index (κ1) is 8.49. The predicted molar refractivity (Wildman–Crippen MR) is 56.4 cm³/mol. The Bertz CT molecular complexity index is 377. The van der Waals surface area contributed by atoms with Crippen LogP contribution in [0.4, 0.5) is 0 Å². The van der Waals surface area contributed by atoms with E-state index in [1.165, 1.54) is 29.5 Å². The Morgan fingerprint density at radius 2 is 2.14 bits per heavy atom. The Labute approximate surface area is 84.8 Å². The van der Waals surface area contributed by atoms with Crippen molar-refractivity contribution in [2.75, 3.05) is 0 Å². The van der Waals surface area contributed by atoms with E-state index >= 15 is 0 Å². The molecule has 0 heterocycles. The van der Waals surface area contributed by atoms with Gasteiger partial charge in [0.2, 0.25) is 0 Å². The molecule has 0 bridgehead atoms. The summed E-state index contributed by atoms with van der Waals surface area (Å²) < 4.78 is 0. The van der Waals surface area contributed by atoms with Crippen LogP contribution in [0.15, 0.2) is 18.2 Å². The molecular formula is C13H16O. The van der Waals surface area contributed by atoms with Crippen LogP contribution in [0, 0.1) is 6.92 Å². The highest BCUT2D eigenvalue weighted by Gasteiger charge is 2.52. The minimum atomic E-state index is -0.0863. The molecule has 1 aromatic carbocycles. The zero-order chi connectivity index (χ0) is 9.76. The summed E-state index contributed by atoms with van der Waals surface area (Å²) in [5, 5.41) is 10.0. The van der Waals surface area contributed by atoms with E-state index in [2.05, 4.69) is 25.1 Å². The molecule has 1 aromatic rings. The van der Waals surface area contributed by atoms with E-state index in [4.69, 9.17) is 0 Å². The van der Waals surface area contributed by atoms with E-state index in [-0.39, 0.29) is 11.5 Å². The van der Waals surface area contributed by atoms with Gasteiger partial charge in [-0.15, -0.1) is 0 Å². The molecule has 1 spiro atoms. The normalized spacial score (nSPS) is 27.4. The van der Waals surface area contributed by atoms with Crippen LogP contribution in [0.3, 0.4) is 0 Å². The van der Waals surface area contributed by atoms with Crippen LogP contribution in [0.25, 0.3) is 0 Å². The number of aliphatic hydroxyl groups is 1. The van der Waals surface area contributed by atoms with Gasteiger partial charge in [0.25, 0.3) is 0 Å². The van der Waals surface area contributed by atoms with E-state index in [9.17, 15) is 5.11 Å². The summed E-state index contributed by atoms with van der Waals surface area (Å²) in [5.41, 5.74) is 4.40. The summed E-state index contributed by atoms with van der Waals surface area (Å²) in [5.74, 6) is 0. The molecular weight excluding hydrogens is 172 g/mol. The van der Waals surface area contributed by atoms with Gasteiger partial charge in [-0.25, -0.2) is 0 Å². The minimum Gasteiger partial charge on any atom is -0.392 e. The van der Waals surface area contributed by atoms with Crippen LogP contribution in [-0.4, -0.2) is 11.2 Å². The third kappa shape index (κ3) is 0.992. The van der Waals surface area contributed by atoms with Gasteiger partial charge in [-0.05, 0) is 43.7 Å². The van der Waals surface area contributed by atoms with Gasteiger partial charge in [-0.3, -0.25) is 0 Å². The van der Waals surface area contributed by atoms with Crippen molar-refractivity contribution in [2.24, 2.45) is 0 Å². The van der Waals surface area contributed by atoms with Gasteiger partial charge in [0.05, 0.1) is 6.10 Å². The standard InChI is InChI=1S/C13H16O/c1-9-2-3-10-4-5-12(14)13(6-7-13)11(10)8-9/h2-3,8,12,14H,4-7H2,1H3. The second-order valence-electron chi connectivity index (χ2n) is 4.87. The fraction of sp³-hybridized carbons (Fsp3) is 0.538. The molecule has 0 radical (unpaired) electrons. The largest absolute Gasteiger partial charge is 0.392 e. The van der Waals surface area contributed by atoms with Crippen LogP contribution in [0.2, 0.25) is 0 Å². The smallest absolute Gasteiger partial charge is 0.0640 e. The van der Waals surface area contributed by atoms with Gasteiger partial charge < -0.3 is 5.11 Å². The number of aryl methyl sites for hydroxylation is 2. The molecule has 0 aliphatic heterocycles. The summed E-state index contributed by atoms with van der Waals surface area (Å²) in [4.78, 5) is 0. The van der Waals surface area contributed by atoms with E-state index < -0.39 is 0 Å². The number of benzene rings is 1. The summed E-state index contributed by atoms with van der Waals surface area (Å²) >= 11 is 0. The maximum absolute atomic E-state index is 10.0. The summed E-state index contributed by atoms with van der Waals surface area (Å²) in [7, 11) is 0. The third-order valence-electron chi connectivity index (χ3n) is 3.92. The molecule has 1 fully saturated rings. The highest BCUT2D eigenvalue weighted by Crippen LogP contribution is 2.55. The number of aliphatic hydroxyl groups excluding tert-OH is 1. The molecule has 1 nitrogen and oxygen atoms in total. The first-order valence-electron chi connectivity index (χ1n) is 5.50. The van der Waals surface area contributed by atoms with Gasteiger partial charge in [-0.2, -0.15) is 0 Å². The van der Waals surface area contributed by atoms with Crippen molar-refractivity contribution in [1.82, 2.24) is 0 Å². The van der Waals surface area contributed by atoms with Gasteiger partial charge in [0, 0.05) is 5.41 Å². The van der Waals surface area contributed by atoms with Crippen molar-refractivity contribution in [1.29, 1.82) is 0 Å². The number of hydrogen-bond donors (Lipinski definition) is 1. The van der Waals surface area contributed by atoms with Crippen molar-refractivity contribution in [3.8, 4) is 0 Å². The molecule has 1 unspecified atom stereocenters. The second-order valence-corrected chi connectivity index (χ2v) is 4.87. The minimum absolute atomic E-state index is 0.0863. The number of rotatable bonds is 0. The molecule has 1 heteroatoms. The van der Waals surface area contributed by atoms with Crippen LogP contribution in [0.1, 0.15) is 36.0 Å². The summed E-state index contributed by atoms with van der Waals surface area (Å²) in [6.07, 6.45) is 4.29. The molecule has 14 heavy (non-hydrogen) atoms. The molecule has 0 aromatic heterocycles. The molecule has 2 aliphatic carbocycles. The summed E-state index contributed by atoms with van der Waals surface area (Å²) in [6, 6.07) is 6.72. The Kier molecular flexibility index (Phi) is 1.58. The van der Waals surface area contributed by atoms with Crippen molar-refractivity contribution in [2.45, 2.75) is 44.1 Å². The molecule has 3 rings (SSSR count).